The lowest BCUT2D eigenvalue weighted by Gasteiger charge is -2.11. The standard InChI is InChI=1S/C13H20N2O3/c1-4-14-9-13(16)15-8-10-7-11(17-2)5-6-12(10)18-3/h5-7,14H,4,8-9H2,1-3H3,(H,15,16). The quantitative estimate of drug-likeness (QED) is 0.758. The summed E-state index contributed by atoms with van der Waals surface area (Å²) < 4.78 is 10.4. The van der Waals surface area contributed by atoms with Crippen molar-refractivity contribution in [2.75, 3.05) is 27.3 Å². The fourth-order valence-corrected chi connectivity index (χ4v) is 1.51. The Morgan fingerprint density at radius 1 is 1.28 bits per heavy atom. The summed E-state index contributed by atoms with van der Waals surface area (Å²) in [6, 6.07) is 5.50. The molecule has 0 fully saturated rings. The van der Waals surface area contributed by atoms with Gasteiger partial charge >= 0.3 is 0 Å². The van der Waals surface area contributed by atoms with E-state index in [1.54, 1.807) is 14.2 Å². The number of likely N-dealkylation sites (N-methyl/N-ethyl adjacent to an activating group) is 1. The first kappa shape index (κ1) is 14.3. The molecule has 0 aliphatic heterocycles. The predicted octanol–water partition coefficient (Wildman–Crippen LogP) is 0.929. The van der Waals surface area contributed by atoms with E-state index in [0.29, 0.717) is 13.1 Å². The molecule has 1 aromatic carbocycles. The van der Waals surface area contributed by atoms with Crippen LogP contribution in [0.2, 0.25) is 0 Å². The molecule has 0 aliphatic carbocycles. The van der Waals surface area contributed by atoms with Crippen molar-refractivity contribution in [3.8, 4) is 11.5 Å². The van der Waals surface area contributed by atoms with Gasteiger partial charge in [-0.25, -0.2) is 0 Å². The van der Waals surface area contributed by atoms with Gasteiger partial charge < -0.3 is 20.1 Å². The number of hydrogen-bond acceptors (Lipinski definition) is 4. The van der Waals surface area contributed by atoms with Crippen molar-refractivity contribution in [2.45, 2.75) is 13.5 Å². The Labute approximate surface area is 107 Å². The molecule has 0 aliphatic rings. The third-order valence-corrected chi connectivity index (χ3v) is 2.50. The summed E-state index contributed by atoms with van der Waals surface area (Å²) in [5.74, 6) is 1.44. The lowest BCUT2D eigenvalue weighted by molar-refractivity contribution is -0.120. The number of nitrogens with one attached hydrogen (secondary N) is 2. The van der Waals surface area contributed by atoms with E-state index < -0.39 is 0 Å². The highest BCUT2D eigenvalue weighted by Gasteiger charge is 2.06. The number of hydrogen-bond donors (Lipinski definition) is 2. The molecule has 0 aromatic heterocycles. The van der Waals surface area contributed by atoms with Crippen LogP contribution in [0, 0.1) is 0 Å². The van der Waals surface area contributed by atoms with E-state index in [-0.39, 0.29) is 5.91 Å². The minimum Gasteiger partial charge on any atom is -0.497 e. The summed E-state index contributed by atoms with van der Waals surface area (Å²) >= 11 is 0. The number of amides is 1. The average molecular weight is 252 g/mol. The van der Waals surface area contributed by atoms with Gasteiger partial charge in [0, 0.05) is 12.1 Å². The lowest BCUT2D eigenvalue weighted by Crippen LogP contribution is -2.33. The van der Waals surface area contributed by atoms with Gasteiger partial charge in [0.1, 0.15) is 11.5 Å². The summed E-state index contributed by atoms with van der Waals surface area (Å²) in [5, 5.41) is 5.79. The summed E-state index contributed by atoms with van der Waals surface area (Å²) in [6.45, 7) is 3.47. The third-order valence-electron chi connectivity index (χ3n) is 2.50. The highest BCUT2D eigenvalue weighted by Crippen LogP contribution is 2.23. The molecule has 0 atom stereocenters. The number of methoxy groups -OCH3 is 2. The second-order valence-corrected chi connectivity index (χ2v) is 3.73. The zero-order valence-electron chi connectivity index (χ0n) is 11.1. The van der Waals surface area contributed by atoms with Crippen LogP contribution in [0.5, 0.6) is 11.5 Å². The molecule has 0 saturated heterocycles. The molecule has 0 heterocycles. The van der Waals surface area contributed by atoms with Crippen LogP contribution < -0.4 is 20.1 Å². The summed E-state index contributed by atoms with van der Waals surface area (Å²) in [6.07, 6.45) is 0. The first-order valence-electron chi connectivity index (χ1n) is 5.89. The van der Waals surface area contributed by atoms with Gasteiger partial charge in [0.25, 0.3) is 0 Å². The average Bonchev–Trinajstić information content (AvgIpc) is 2.42. The SMILES string of the molecule is CCNCC(=O)NCc1cc(OC)ccc1OC. The van der Waals surface area contributed by atoms with E-state index in [2.05, 4.69) is 10.6 Å². The lowest BCUT2D eigenvalue weighted by atomic mass is 10.2. The van der Waals surface area contributed by atoms with E-state index in [9.17, 15) is 4.79 Å². The minimum absolute atomic E-state index is 0.0401. The van der Waals surface area contributed by atoms with E-state index >= 15 is 0 Å². The van der Waals surface area contributed by atoms with Gasteiger partial charge in [0.2, 0.25) is 5.91 Å². The third kappa shape index (κ3) is 4.25. The number of benzene rings is 1. The summed E-state index contributed by atoms with van der Waals surface area (Å²) in [4.78, 5) is 11.5. The molecular weight excluding hydrogens is 232 g/mol. The van der Waals surface area contributed by atoms with Gasteiger partial charge in [0.15, 0.2) is 0 Å². The number of ether oxygens (including phenoxy) is 2. The second-order valence-electron chi connectivity index (χ2n) is 3.73. The van der Waals surface area contributed by atoms with Crippen LogP contribution in [0.3, 0.4) is 0 Å². The number of carbonyl (C=O) groups is 1. The Kier molecular flexibility index (Phi) is 6.00. The van der Waals surface area contributed by atoms with Crippen LogP contribution in [-0.2, 0) is 11.3 Å². The van der Waals surface area contributed by atoms with Crippen LogP contribution >= 0.6 is 0 Å². The van der Waals surface area contributed by atoms with E-state index in [1.165, 1.54) is 0 Å². The molecule has 1 rings (SSSR count). The maximum atomic E-state index is 11.5. The van der Waals surface area contributed by atoms with Crippen LogP contribution in [0.1, 0.15) is 12.5 Å². The Morgan fingerprint density at radius 3 is 2.67 bits per heavy atom. The van der Waals surface area contributed by atoms with Crippen LogP contribution in [-0.4, -0.2) is 33.2 Å². The molecule has 5 heteroatoms. The molecule has 100 valence electrons. The first-order chi connectivity index (χ1) is 8.71. The van der Waals surface area contributed by atoms with Gasteiger partial charge in [-0.15, -0.1) is 0 Å². The Hall–Kier alpha value is -1.75. The molecule has 0 spiro atoms. The molecule has 2 N–H and O–H groups in total. The second kappa shape index (κ2) is 7.55. The molecular formula is C13H20N2O3. The monoisotopic (exact) mass is 252 g/mol. The largest absolute Gasteiger partial charge is 0.497 e. The van der Waals surface area contributed by atoms with E-state index in [0.717, 1.165) is 23.6 Å². The van der Waals surface area contributed by atoms with Gasteiger partial charge in [-0.3, -0.25) is 4.79 Å². The van der Waals surface area contributed by atoms with E-state index in [4.69, 9.17) is 9.47 Å². The Morgan fingerprint density at radius 2 is 2.06 bits per heavy atom. The van der Waals surface area contributed by atoms with Crippen molar-refractivity contribution in [3.63, 3.8) is 0 Å². The molecule has 0 bridgehead atoms. The zero-order valence-corrected chi connectivity index (χ0v) is 11.1. The first-order valence-corrected chi connectivity index (χ1v) is 5.89. The summed E-state index contributed by atoms with van der Waals surface area (Å²) in [7, 11) is 3.21. The predicted molar refractivity (Wildman–Crippen MR) is 69.9 cm³/mol. The Bertz CT molecular complexity index is 394. The number of rotatable bonds is 7. The topological polar surface area (TPSA) is 59.6 Å². The molecule has 1 aromatic rings. The summed E-state index contributed by atoms with van der Waals surface area (Å²) in [5.41, 5.74) is 0.890. The normalized spacial score (nSPS) is 9.94. The highest BCUT2D eigenvalue weighted by molar-refractivity contribution is 5.78. The zero-order chi connectivity index (χ0) is 13.4. The highest BCUT2D eigenvalue weighted by atomic mass is 16.5. The van der Waals surface area contributed by atoms with Crippen molar-refractivity contribution in [1.82, 2.24) is 10.6 Å². The van der Waals surface area contributed by atoms with Crippen LogP contribution in [0.15, 0.2) is 18.2 Å². The molecule has 1 amide bonds. The van der Waals surface area contributed by atoms with Crippen LogP contribution in [0.4, 0.5) is 0 Å². The van der Waals surface area contributed by atoms with Gasteiger partial charge in [0.05, 0.1) is 20.8 Å². The van der Waals surface area contributed by atoms with Gasteiger partial charge in [-0.2, -0.15) is 0 Å². The van der Waals surface area contributed by atoms with Crippen LogP contribution in [0.25, 0.3) is 0 Å². The van der Waals surface area contributed by atoms with Crippen molar-refractivity contribution < 1.29 is 14.3 Å². The van der Waals surface area contributed by atoms with Gasteiger partial charge in [-0.05, 0) is 24.7 Å². The fourth-order valence-electron chi connectivity index (χ4n) is 1.51. The number of carbonyl (C=O) groups excluding carboxylic acids is 1. The maximum absolute atomic E-state index is 11.5. The van der Waals surface area contributed by atoms with Crippen molar-refractivity contribution >= 4 is 5.91 Å². The smallest absolute Gasteiger partial charge is 0.234 e. The molecule has 0 unspecified atom stereocenters. The van der Waals surface area contributed by atoms with Crippen molar-refractivity contribution in [3.05, 3.63) is 23.8 Å². The fraction of sp³-hybridized carbons (Fsp3) is 0.462. The molecule has 0 radical (unpaired) electrons. The Balaban J connectivity index is 2.62. The molecule has 5 nitrogen and oxygen atoms in total. The van der Waals surface area contributed by atoms with Crippen molar-refractivity contribution in [1.29, 1.82) is 0 Å². The van der Waals surface area contributed by atoms with Crippen molar-refractivity contribution in [2.24, 2.45) is 0 Å². The maximum Gasteiger partial charge on any atom is 0.234 e. The van der Waals surface area contributed by atoms with E-state index in [1.807, 2.05) is 25.1 Å². The van der Waals surface area contributed by atoms with Gasteiger partial charge in [-0.1, -0.05) is 6.92 Å². The minimum atomic E-state index is -0.0401. The molecule has 18 heavy (non-hydrogen) atoms. The molecule has 0 saturated carbocycles.